The predicted molar refractivity (Wildman–Crippen MR) is 101 cm³/mol. The number of ether oxygens (including phenoxy) is 1. The van der Waals surface area contributed by atoms with Gasteiger partial charge in [0.05, 0.1) is 7.11 Å². The number of benzene rings is 1. The number of methoxy groups -OCH3 is 1. The summed E-state index contributed by atoms with van der Waals surface area (Å²) < 4.78 is 5.49. The van der Waals surface area contributed by atoms with Crippen LogP contribution in [0.4, 0.5) is 0 Å². The summed E-state index contributed by atoms with van der Waals surface area (Å²) in [5, 5.41) is 3.42. The van der Waals surface area contributed by atoms with Gasteiger partial charge in [-0.25, -0.2) is 0 Å². The standard InChI is InChI=1S/C21H32N2O2/c1-16(17-9-11-22-12-10-17)14-21(24)23-13-5-7-19(23)15-18-6-3-4-8-20(18)25-2/h3-4,6,8,16-17,19,22H,5,7,9-15H2,1-2H3. The number of hydrogen-bond acceptors (Lipinski definition) is 3. The fraction of sp³-hybridized carbons (Fsp3) is 0.667. The van der Waals surface area contributed by atoms with Crippen LogP contribution in [0.1, 0.15) is 44.6 Å². The highest BCUT2D eigenvalue weighted by Gasteiger charge is 2.31. The third-order valence-corrected chi connectivity index (χ3v) is 6.03. The molecule has 0 spiro atoms. The number of piperidine rings is 1. The fourth-order valence-corrected chi connectivity index (χ4v) is 4.47. The summed E-state index contributed by atoms with van der Waals surface area (Å²) in [6.07, 6.45) is 6.24. The summed E-state index contributed by atoms with van der Waals surface area (Å²) in [5.41, 5.74) is 1.21. The fourth-order valence-electron chi connectivity index (χ4n) is 4.47. The minimum Gasteiger partial charge on any atom is -0.496 e. The van der Waals surface area contributed by atoms with Gasteiger partial charge in [-0.15, -0.1) is 0 Å². The number of likely N-dealkylation sites (tertiary alicyclic amines) is 1. The van der Waals surface area contributed by atoms with Gasteiger partial charge < -0.3 is 15.0 Å². The minimum atomic E-state index is 0.323. The van der Waals surface area contributed by atoms with Crippen molar-refractivity contribution in [3.05, 3.63) is 29.8 Å². The number of carbonyl (C=O) groups is 1. The summed E-state index contributed by atoms with van der Waals surface area (Å²) >= 11 is 0. The second-order valence-electron chi connectivity index (χ2n) is 7.67. The van der Waals surface area contributed by atoms with Crippen molar-refractivity contribution in [1.29, 1.82) is 0 Å². The second kappa shape index (κ2) is 8.70. The molecule has 0 aliphatic carbocycles. The molecule has 2 saturated heterocycles. The molecule has 0 aromatic heterocycles. The molecule has 2 aliphatic heterocycles. The third-order valence-electron chi connectivity index (χ3n) is 6.03. The molecule has 2 aliphatic rings. The van der Waals surface area contributed by atoms with Crippen molar-refractivity contribution in [2.75, 3.05) is 26.7 Å². The van der Waals surface area contributed by atoms with Crippen LogP contribution >= 0.6 is 0 Å². The molecule has 3 rings (SSSR count). The van der Waals surface area contributed by atoms with E-state index in [2.05, 4.69) is 29.3 Å². The number of rotatable bonds is 6. The first-order chi connectivity index (χ1) is 12.2. The van der Waals surface area contributed by atoms with Crippen molar-refractivity contribution >= 4 is 5.91 Å². The summed E-state index contributed by atoms with van der Waals surface area (Å²) in [5.74, 6) is 2.47. The Bertz CT molecular complexity index is 569. The largest absolute Gasteiger partial charge is 0.496 e. The molecule has 1 amide bonds. The molecule has 4 nitrogen and oxygen atoms in total. The van der Waals surface area contributed by atoms with Gasteiger partial charge >= 0.3 is 0 Å². The molecule has 4 heteroatoms. The smallest absolute Gasteiger partial charge is 0.223 e. The van der Waals surface area contributed by atoms with Gasteiger partial charge in [0.15, 0.2) is 0 Å². The lowest BCUT2D eigenvalue weighted by molar-refractivity contribution is -0.133. The van der Waals surface area contributed by atoms with E-state index in [0.717, 1.165) is 44.6 Å². The van der Waals surface area contributed by atoms with Crippen LogP contribution in [0.2, 0.25) is 0 Å². The molecule has 1 aromatic rings. The van der Waals surface area contributed by atoms with Crippen molar-refractivity contribution in [3.8, 4) is 5.75 Å². The van der Waals surface area contributed by atoms with Crippen molar-refractivity contribution in [2.24, 2.45) is 11.8 Å². The molecular weight excluding hydrogens is 312 g/mol. The van der Waals surface area contributed by atoms with Gasteiger partial charge in [-0.3, -0.25) is 4.79 Å². The Hall–Kier alpha value is -1.55. The van der Waals surface area contributed by atoms with E-state index in [1.807, 2.05) is 12.1 Å². The quantitative estimate of drug-likeness (QED) is 0.861. The Morgan fingerprint density at radius 2 is 2.04 bits per heavy atom. The van der Waals surface area contributed by atoms with E-state index < -0.39 is 0 Å². The topological polar surface area (TPSA) is 41.6 Å². The van der Waals surface area contributed by atoms with E-state index in [1.165, 1.54) is 18.4 Å². The van der Waals surface area contributed by atoms with Crippen LogP contribution in [0.5, 0.6) is 5.75 Å². The SMILES string of the molecule is COc1ccccc1CC1CCCN1C(=O)CC(C)C1CCNCC1. The maximum atomic E-state index is 12.9. The maximum absolute atomic E-state index is 12.9. The monoisotopic (exact) mass is 344 g/mol. The minimum absolute atomic E-state index is 0.323. The van der Waals surface area contributed by atoms with Crippen molar-refractivity contribution in [2.45, 2.75) is 51.5 Å². The van der Waals surface area contributed by atoms with E-state index >= 15 is 0 Å². The normalized spacial score (nSPS) is 22.8. The first kappa shape index (κ1) is 18.2. The summed E-state index contributed by atoms with van der Waals surface area (Å²) in [6, 6.07) is 8.51. The molecule has 0 bridgehead atoms. The molecule has 0 radical (unpaired) electrons. The van der Waals surface area contributed by atoms with Gasteiger partial charge in [0.2, 0.25) is 5.91 Å². The van der Waals surface area contributed by atoms with Gasteiger partial charge in [-0.05, 0) is 68.7 Å². The number of hydrogen-bond donors (Lipinski definition) is 1. The van der Waals surface area contributed by atoms with E-state index in [4.69, 9.17) is 4.74 Å². The van der Waals surface area contributed by atoms with Crippen molar-refractivity contribution < 1.29 is 9.53 Å². The molecule has 138 valence electrons. The van der Waals surface area contributed by atoms with Crippen molar-refractivity contribution in [1.82, 2.24) is 10.2 Å². The Balaban J connectivity index is 1.59. The molecule has 1 aromatic carbocycles. The van der Waals surface area contributed by atoms with Gasteiger partial charge in [0, 0.05) is 19.0 Å². The molecular formula is C21H32N2O2. The van der Waals surface area contributed by atoms with Crippen LogP contribution in [-0.4, -0.2) is 43.6 Å². The lowest BCUT2D eigenvalue weighted by Crippen LogP contribution is -2.39. The molecule has 0 saturated carbocycles. The number of amides is 1. The Morgan fingerprint density at radius 1 is 1.28 bits per heavy atom. The highest BCUT2D eigenvalue weighted by atomic mass is 16.5. The first-order valence-electron chi connectivity index (χ1n) is 9.81. The molecule has 2 atom stereocenters. The van der Waals surface area contributed by atoms with Gasteiger partial charge in [0.1, 0.15) is 5.75 Å². The van der Waals surface area contributed by atoms with Crippen LogP contribution in [0, 0.1) is 11.8 Å². The third kappa shape index (κ3) is 4.55. The summed E-state index contributed by atoms with van der Waals surface area (Å²) in [7, 11) is 1.72. The van der Waals surface area contributed by atoms with E-state index in [-0.39, 0.29) is 0 Å². The van der Waals surface area contributed by atoms with Crippen LogP contribution in [0.3, 0.4) is 0 Å². The number of carbonyl (C=O) groups excluding carboxylic acids is 1. The highest BCUT2D eigenvalue weighted by molar-refractivity contribution is 5.77. The molecule has 2 unspecified atom stereocenters. The highest BCUT2D eigenvalue weighted by Crippen LogP contribution is 2.29. The zero-order valence-electron chi connectivity index (χ0n) is 15.7. The lowest BCUT2D eigenvalue weighted by Gasteiger charge is -2.31. The molecule has 2 heterocycles. The van der Waals surface area contributed by atoms with Crippen molar-refractivity contribution in [3.63, 3.8) is 0 Å². The molecule has 1 N–H and O–H groups in total. The number of nitrogens with one attached hydrogen (secondary N) is 1. The van der Waals surface area contributed by atoms with Gasteiger partial charge in [-0.2, -0.15) is 0 Å². The zero-order valence-corrected chi connectivity index (χ0v) is 15.7. The summed E-state index contributed by atoms with van der Waals surface area (Å²) in [4.78, 5) is 15.1. The van der Waals surface area contributed by atoms with Crippen LogP contribution in [0.15, 0.2) is 24.3 Å². The number of nitrogens with zero attached hydrogens (tertiary/aromatic N) is 1. The first-order valence-corrected chi connectivity index (χ1v) is 9.81. The maximum Gasteiger partial charge on any atom is 0.223 e. The van der Waals surface area contributed by atoms with E-state index in [9.17, 15) is 4.79 Å². The molecule has 2 fully saturated rings. The molecule has 25 heavy (non-hydrogen) atoms. The van der Waals surface area contributed by atoms with E-state index in [0.29, 0.717) is 30.2 Å². The average Bonchev–Trinajstić information content (AvgIpc) is 3.11. The second-order valence-corrected chi connectivity index (χ2v) is 7.67. The summed E-state index contributed by atoms with van der Waals surface area (Å²) in [6.45, 7) is 5.38. The number of para-hydroxylation sites is 1. The Kier molecular flexibility index (Phi) is 6.35. The Morgan fingerprint density at radius 3 is 2.80 bits per heavy atom. The van der Waals surface area contributed by atoms with Crippen LogP contribution in [-0.2, 0) is 11.2 Å². The zero-order chi connectivity index (χ0) is 17.6. The van der Waals surface area contributed by atoms with Gasteiger partial charge in [-0.1, -0.05) is 25.1 Å². The average molecular weight is 344 g/mol. The van der Waals surface area contributed by atoms with E-state index in [1.54, 1.807) is 7.11 Å². The Labute approximate surface area is 151 Å². The predicted octanol–water partition coefficient (Wildman–Crippen LogP) is 3.25. The lowest BCUT2D eigenvalue weighted by atomic mass is 9.84. The van der Waals surface area contributed by atoms with Crippen LogP contribution < -0.4 is 10.1 Å². The van der Waals surface area contributed by atoms with Gasteiger partial charge in [0.25, 0.3) is 0 Å². The van der Waals surface area contributed by atoms with Crippen LogP contribution in [0.25, 0.3) is 0 Å².